The first-order chi connectivity index (χ1) is 12.6. The molecule has 3 aromatic rings. The topological polar surface area (TPSA) is 95.1 Å². The highest BCUT2D eigenvalue weighted by Crippen LogP contribution is 2.25. The maximum atomic E-state index is 13.0. The van der Waals surface area contributed by atoms with Gasteiger partial charge in [0, 0.05) is 12.6 Å². The predicted octanol–water partition coefficient (Wildman–Crippen LogP) is 2.35. The lowest BCUT2D eigenvalue weighted by Gasteiger charge is -2.21. The summed E-state index contributed by atoms with van der Waals surface area (Å²) in [4.78, 5) is 31.4. The van der Waals surface area contributed by atoms with Gasteiger partial charge in [-0.05, 0) is 11.1 Å². The number of benzene rings is 2. The number of nitrogens with one attached hydrogen (secondary N) is 2. The highest BCUT2D eigenvalue weighted by Gasteiger charge is 2.28. The summed E-state index contributed by atoms with van der Waals surface area (Å²) < 4.78 is 0. The van der Waals surface area contributed by atoms with Crippen molar-refractivity contribution in [3.8, 4) is 0 Å². The smallest absolute Gasteiger partial charge is 0.326 e. The Morgan fingerprint density at radius 3 is 2.04 bits per heavy atom. The van der Waals surface area contributed by atoms with Crippen LogP contribution in [0.3, 0.4) is 0 Å². The quantitative estimate of drug-likeness (QED) is 0.610. The molecule has 0 spiro atoms. The van der Waals surface area contributed by atoms with Crippen molar-refractivity contribution < 1.29 is 14.7 Å². The second-order valence-corrected chi connectivity index (χ2v) is 5.92. The Morgan fingerprint density at radius 1 is 1.00 bits per heavy atom. The first-order valence-electron chi connectivity index (χ1n) is 8.26. The first-order valence-corrected chi connectivity index (χ1v) is 8.26. The molecule has 0 saturated heterocycles. The second-order valence-electron chi connectivity index (χ2n) is 5.92. The van der Waals surface area contributed by atoms with E-state index < -0.39 is 17.9 Å². The molecule has 0 bridgehead atoms. The van der Waals surface area contributed by atoms with Gasteiger partial charge in [0.15, 0.2) is 0 Å². The minimum atomic E-state index is -1.10. The molecule has 3 rings (SSSR count). The molecule has 132 valence electrons. The van der Waals surface area contributed by atoms with Crippen LogP contribution in [-0.4, -0.2) is 33.0 Å². The highest BCUT2D eigenvalue weighted by atomic mass is 16.4. The Morgan fingerprint density at radius 2 is 1.58 bits per heavy atom. The van der Waals surface area contributed by atoms with Gasteiger partial charge in [0.1, 0.15) is 6.04 Å². The number of carboxylic acid groups (broad SMARTS) is 1. The van der Waals surface area contributed by atoms with Crippen molar-refractivity contribution in [2.24, 2.45) is 0 Å². The van der Waals surface area contributed by atoms with Crippen molar-refractivity contribution >= 4 is 11.9 Å². The zero-order valence-corrected chi connectivity index (χ0v) is 14.0. The van der Waals surface area contributed by atoms with Gasteiger partial charge >= 0.3 is 5.97 Å². The van der Waals surface area contributed by atoms with Gasteiger partial charge in [-0.15, -0.1) is 0 Å². The molecule has 3 N–H and O–H groups in total. The summed E-state index contributed by atoms with van der Waals surface area (Å²) in [5, 5.41) is 12.2. The average molecular weight is 349 g/mol. The lowest BCUT2D eigenvalue weighted by atomic mass is 9.90. The number of carbonyl (C=O) groups excluding carboxylic acids is 1. The number of nitrogens with zero attached hydrogens (tertiary/aromatic N) is 1. The average Bonchev–Trinajstić information content (AvgIpc) is 3.16. The van der Waals surface area contributed by atoms with Crippen LogP contribution in [-0.2, 0) is 16.0 Å². The number of hydrogen-bond donors (Lipinski definition) is 3. The number of H-pyrrole nitrogens is 1. The molecule has 0 aliphatic rings. The number of amides is 1. The van der Waals surface area contributed by atoms with Gasteiger partial charge in [-0.1, -0.05) is 60.7 Å². The molecule has 0 radical (unpaired) electrons. The monoisotopic (exact) mass is 349 g/mol. The van der Waals surface area contributed by atoms with E-state index in [9.17, 15) is 14.7 Å². The molecule has 0 saturated carbocycles. The van der Waals surface area contributed by atoms with Gasteiger partial charge < -0.3 is 15.4 Å². The van der Waals surface area contributed by atoms with Crippen molar-refractivity contribution in [2.45, 2.75) is 18.4 Å². The van der Waals surface area contributed by atoms with Crippen LogP contribution in [0.25, 0.3) is 0 Å². The summed E-state index contributed by atoms with van der Waals surface area (Å²) in [6, 6.07) is 17.6. The molecule has 0 aliphatic carbocycles. The van der Waals surface area contributed by atoms with Crippen LogP contribution in [0.4, 0.5) is 0 Å². The summed E-state index contributed by atoms with van der Waals surface area (Å²) in [6.07, 6.45) is 3.21. The first kappa shape index (κ1) is 17.4. The predicted molar refractivity (Wildman–Crippen MR) is 96.6 cm³/mol. The number of aromatic nitrogens is 2. The van der Waals surface area contributed by atoms with Gasteiger partial charge in [-0.3, -0.25) is 4.79 Å². The molecule has 0 unspecified atom stereocenters. The Kier molecular flexibility index (Phi) is 5.43. The van der Waals surface area contributed by atoms with E-state index in [0.29, 0.717) is 5.69 Å². The minimum absolute atomic E-state index is 0.112. The van der Waals surface area contributed by atoms with Gasteiger partial charge in [-0.2, -0.15) is 0 Å². The summed E-state index contributed by atoms with van der Waals surface area (Å²) >= 11 is 0. The molecule has 1 amide bonds. The van der Waals surface area contributed by atoms with Gasteiger partial charge in [-0.25, -0.2) is 9.78 Å². The Labute approximate surface area is 150 Å². The normalized spacial score (nSPS) is 11.9. The third-order valence-corrected chi connectivity index (χ3v) is 4.11. The van der Waals surface area contributed by atoms with E-state index in [1.54, 1.807) is 6.20 Å². The molecular weight excluding hydrogens is 330 g/mol. The number of carbonyl (C=O) groups is 2. The maximum Gasteiger partial charge on any atom is 0.326 e. The SMILES string of the molecule is O=C(N[C@@H](Cc1c[nH]cn1)C(=O)O)C(c1ccccc1)c1ccccc1. The number of imidazole rings is 1. The molecule has 6 heteroatoms. The Hall–Kier alpha value is -3.41. The van der Waals surface area contributed by atoms with Crippen LogP contribution in [0.2, 0.25) is 0 Å². The molecule has 1 atom stereocenters. The third kappa shape index (κ3) is 4.16. The number of aromatic amines is 1. The second kappa shape index (κ2) is 8.11. The lowest BCUT2D eigenvalue weighted by molar-refractivity contribution is -0.141. The van der Waals surface area contributed by atoms with Crippen LogP contribution in [0.1, 0.15) is 22.7 Å². The standard InChI is InChI=1S/C20H19N3O3/c24-19(23-17(20(25)26)11-16-12-21-13-22-16)18(14-7-3-1-4-8-14)15-9-5-2-6-10-15/h1-10,12-13,17-18H,11H2,(H,21,22)(H,23,24)(H,25,26)/t17-/m0/s1. The zero-order chi connectivity index (χ0) is 18.4. The van der Waals surface area contributed by atoms with E-state index in [4.69, 9.17) is 0 Å². The lowest BCUT2D eigenvalue weighted by Crippen LogP contribution is -2.44. The van der Waals surface area contributed by atoms with E-state index in [1.807, 2.05) is 60.7 Å². The Balaban J connectivity index is 1.86. The summed E-state index contributed by atoms with van der Waals surface area (Å²) in [7, 11) is 0. The fraction of sp³-hybridized carbons (Fsp3) is 0.150. The van der Waals surface area contributed by atoms with Crippen LogP contribution in [0.15, 0.2) is 73.2 Å². The van der Waals surface area contributed by atoms with Crippen LogP contribution < -0.4 is 5.32 Å². The van der Waals surface area contributed by atoms with Crippen LogP contribution in [0, 0.1) is 0 Å². The van der Waals surface area contributed by atoms with Crippen molar-refractivity contribution in [2.75, 3.05) is 0 Å². The number of aliphatic carboxylic acids is 1. The molecule has 6 nitrogen and oxygen atoms in total. The van der Waals surface area contributed by atoms with E-state index in [-0.39, 0.29) is 12.3 Å². The number of carboxylic acids is 1. The molecule has 0 aliphatic heterocycles. The van der Waals surface area contributed by atoms with Gasteiger partial charge in [0.25, 0.3) is 0 Å². The molecule has 0 fully saturated rings. The Bertz CT molecular complexity index is 809. The van der Waals surface area contributed by atoms with Crippen molar-refractivity contribution in [1.82, 2.24) is 15.3 Å². The van der Waals surface area contributed by atoms with Gasteiger partial charge in [0.2, 0.25) is 5.91 Å². The molecule has 2 aromatic carbocycles. The van der Waals surface area contributed by atoms with E-state index in [1.165, 1.54) is 6.33 Å². The number of rotatable bonds is 7. The molecule has 1 aromatic heterocycles. The van der Waals surface area contributed by atoms with Crippen molar-refractivity contribution in [3.63, 3.8) is 0 Å². The van der Waals surface area contributed by atoms with E-state index >= 15 is 0 Å². The molecule has 1 heterocycles. The molecule has 26 heavy (non-hydrogen) atoms. The van der Waals surface area contributed by atoms with Crippen molar-refractivity contribution in [3.05, 3.63) is 90.0 Å². The summed E-state index contributed by atoms with van der Waals surface area (Å²) in [6.45, 7) is 0. The fourth-order valence-corrected chi connectivity index (χ4v) is 2.85. The minimum Gasteiger partial charge on any atom is -0.480 e. The maximum absolute atomic E-state index is 13.0. The zero-order valence-electron chi connectivity index (χ0n) is 14.0. The molecular formula is C20H19N3O3. The van der Waals surface area contributed by atoms with Crippen molar-refractivity contribution in [1.29, 1.82) is 0 Å². The van der Waals surface area contributed by atoms with Crippen LogP contribution >= 0.6 is 0 Å². The fourth-order valence-electron chi connectivity index (χ4n) is 2.85. The van der Waals surface area contributed by atoms with E-state index in [2.05, 4.69) is 15.3 Å². The largest absolute Gasteiger partial charge is 0.480 e. The number of hydrogen-bond acceptors (Lipinski definition) is 3. The highest BCUT2D eigenvalue weighted by molar-refractivity contribution is 5.90. The summed E-state index contributed by atoms with van der Waals surface area (Å²) in [5.74, 6) is -2.04. The van der Waals surface area contributed by atoms with Gasteiger partial charge in [0.05, 0.1) is 17.9 Å². The van der Waals surface area contributed by atoms with Crippen LogP contribution in [0.5, 0.6) is 0 Å². The third-order valence-electron chi connectivity index (χ3n) is 4.11. The van der Waals surface area contributed by atoms with E-state index in [0.717, 1.165) is 11.1 Å². The summed E-state index contributed by atoms with van der Waals surface area (Å²) in [5.41, 5.74) is 2.19.